The third-order valence-electron chi connectivity index (χ3n) is 7.18. The lowest BCUT2D eigenvalue weighted by molar-refractivity contribution is -0.150. The first kappa shape index (κ1) is 26.2. The van der Waals surface area contributed by atoms with E-state index in [0.29, 0.717) is 30.9 Å². The summed E-state index contributed by atoms with van der Waals surface area (Å²) < 4.78 is 15.0. The van der Waals surface area contributed by atoms with Crippen LogP contribution in [0.25, 0.3) is 16.6 Å². The van der Waals surface area contributed by atoms with E-state index in [-0.39, 0.29) is 17.5 Å². The van der Waals surface area contributed by atoms with Crippen molar-refractivity contribution in [2.75, 3.05) is 24.6 Å². The smallest absolute Gasteiger partial charge is 0.306 e. The zero-order valence-corrected chi connectivity index (χ0v) is 22.6. The third kappa shape index (κ3) is 6.03. The molecule has 5 rings (SSSR count). The number of rotatable bonds is 9. The van der Waals surface area contributed by atoms with Crippen LogP contribution in [0.5, 0.6) is 5.75 Å². The van der Waals surface area contributed by atoms with Crippen molar-refractivity contribution in [3.05, 3.63) is 61.1 Å². The number of carbonyl (C=O) groups is 1. The molecule has 4 aromatic heterocycles. The molecule has 10 heteroatoms. The van der Waals surface area contributed by atoms with E-state index < -0.39 is 0 Å². The molecule has 1 fully saturated rings. The maximum atomic E-state index is 12.2. The summed E-state index contributed by atoms with van der Waals surface area (Å²) in [5.74, 6) is 1.42. The number of hydrogen-bond donors (Lipinski definition) is 0. The number of pyridine rings is 2. The molecule has 0 N–H and O–H groups in total. The Morgan fingerprint density at radius 2 is 2.05 bits per heavy atom. The molecule has 202 valence electrons. The first-order valence-electron chi connectivity index (χ1n) is 13.2. The molecule has 0 spiro atoms. The van der Waals surface area contributed by atoms with Crippen molar-refractivity contribution < 1.29 is 14.3 Å². The average molecular weight is 528 g/mol. The lowest BCUT2D eigenvalue weighted by Crippen LogP contribution is -2.40. The summed E-state index contributed by atoms with van der Waals surface area (Å²) in [7, 11) is 0. The molecule has 10 nitrogen and oxygen atoms in total. The highest BCUT2D eigenvalue weighted by Crippen LogP contribution is 2.37. The van der Waals surface area contributed by atoms with E-state index in [0.717, 1.165) is 48.4 Å². The van der Waals surface area contributed by atoms with E-state index >= 15 is 0 Å². The molecule has 4 aromatic rings. The van der Waals surface area contributed by atoms with Crippen LogP contribution in [-0.4, -0.2) is 55.9 Å². The van der Waals surface area contributed by atoms with Crippen molar-refractivity contribution in [3.8, 4) is 22.9 Å². The molecule has 5 heterocycles. The minimum absolute atomic E-state index is 0.0674. The van der Waals surface area contributed by atoms with Gasteiger partial charge in [-0.05, 0) is 50.3 Å². The van der Waals surface area contributed by atoms with Gasteiger partial charge in [0.25, 0.3) is 0 Å². The van der Waals surface area contributed by atoms with E-state index in [2.05, 4.69) is 28.0 Å². The number of imidazole rings is 1. The molecule has 0 aromatic carbocycles. The van der Waals surface area contributed by atoms with Crippen LogP contribution in [0, 0.1) is 16.7 Å². The van der Waals surface area contributed by atoms with Gasteiger partial charge in [-0.2, -0.15) is 10.4 Å². The van der Waals surface area contributed by atoms with Crippen molar-refractivity contribution in [2.45, 2.75) is 52.7 Å². The van der Waals surface area contributed by atoms with Gasteiger partial charge in [-0.3, -0.25) is 4.79 Å². The van der Waals surface area contributed by atoms with Crippen LogP contribution in [0.2, 0.25) is 0 Å². The Kier molecular flexibility index (Phi) is 7.50. The summed E-state index contributed by atoms with van der Waals surface area (Å²) in [4.78, 5) is 23.3. The predicted molar refractivity (Wildman–Crippen MR) is 146 cm³/mol. The van der Waals surface area contributed by atoms with Crippen LogP contribution in [0.15, 0.2) is 55.5 Å². The van der Waals surface area contributed by atoms with Crippen LogP contribution in [-0.2, 0) is 16.1 Å². The van der Waals surface area contributed by atoms with Crippen LogP contribution >= 0.6 is 0 Å². The summed E-state index contributed by atoms with van der Waals surface area (Å²) in [6.45, 7) is 8.70. The third-order valence-corrected chi connectivity index (χ3v) is 7.18. The number of aromatic nitrogens is 5. The predicted octanol–water partition coefficient (Wildman–Crippen LogP) is 4.49. The van der Waals surface area contributed by atoms with Crippen molar-refractivity contribution in [1.82, 2.24) is 24.1 Å². The highest BCUT2D eigenvalue weighted by atomic mass is 16.5. The second kappa shape index (κ2) is 11.2. The normalized spacial score (nSPS) is 14.9. The fraction of sp³-hybridized carbons (Fsp3) is 0.414. The first-order chi connectivity index (χ1) is 18.8. The number of anilines is 1. The Labute approximate surface area is 227 Å². The van der Waals surface area contributed by atoms with Gasteiger partial charge in [0.1, 0.15) is 24.2 Å². The summed E-state index contributed by atoms with van der Waals surface area (Å²) in [6.07, 6.45) is 12.7. The SMILES string of the molecule is CC(C)OC(=O)CC1(C)CCN(c2ccc(-c3cc(OCCn4ccnc4)cn4ncc(C#N)c34)cn2)CC1. The molecule has 1 aliphatic rings. The monoisotopic (exact) mass is 527 g/mol. The number of piperidine rings is 1. The molecule has 1 aliphatic heterocycles. The van der Waals surface area contributed by atoms with Gasteiger partial charge in [0.05, 0.1) is 48.9 Å². The molecule has 0 bridgehead atoms. The van der Waals surface area contributed by atoms with Crippen molar-refractivity contribution in [3.63, 3.8) is 0 Å². The molecule has 0 aliphatic carbocycles. The number of nitrogens with zero attached hydrogens (tertiary/aromatic N) is 7. The molecule has 0 radical (unpaired) electrons. The topological polar surface area (TPSA) is 111 Å². The van der Waals surface area contributed by atoms with Crippen molar-refractivity contribution in [2.24, 2.45) is 5.41 Å². The highest BCUT2D eigenvalue weighted by Gasteiger charge is 2.33. The number of ether oxygens (including phenoxy) is 2. The Bertz CT molecular complexity index is 1460. The molecule has 1 saturated heterocycles. The van der Waals surface area contributed by atoms with Gasteiger partial charge in [0.15, 0.2) is 0 Å². The van der Waals surface area contributed by atoms with Crippen molar-refractivity contribution in [1.29, 1.82) is 5.26 Å². The number of carbonyl (C=O) groups excluding carboxylic acids is 1. The first-order valence-corrected chi connectivity index (χ1v) is 13.2. The van der Waals surface area contributed by atoms with Gasteiger partial charge in [0.2, 0.25) is 0 Å². The van der Waals surface area contributed by atoms with E-state index in [1.54, 1.807) is 29.4 Å². The largest absolute Gasteiger partial charge is 0.490 e. The Morgan fingerprint density at radius 3 is 2.72 bits per heavy atom. The van der Waals surface area contributed by atoms with Gasteiger partial charge < -0.3 is 18.9 Å². The van der Waals surface area contributed by atoms with Gasteiger partial charge in [-0.1, -0.05) is 6.92 Å². The lowest BCUT2D eigenvalue weighted by atomic mass is 9.77. The maximum absolute atomic E-state index is 12.2. The Hall–Kier alpha value is -4.39. The minimum Gasteiger partial charge on any atom is -0.490 e. The minimum atomic E-state index is -0.126. The van der Waals surface area contributed by atoms with E-state index in [1.165, 1.54) is 0 Å². The fourth-order valence-electron chi connectivity index (χ4n) is 5.00. The van der Waals surface area contributed by atoms with Crippen LogP contribution in [0.3, 0.4) is 0 Å². The number of fused-ring (bicyclic) bond motifs is 1. The molecule has 0 unspecified atom stereocenters. The second-order valence-corrected chi connectivity index (χ2v) is 10.6. The quantitative estimate of drug-likeness (QED) is 0.293. The van der Waals surface area contributed by atoms with Gasteiger partial charge >= 0.3 is 5.97 Å². The summed E-state index contributed by atoms with van der Waals surface area (Å²) in [6, 6.07) is 8.21. The molecule has 0 atom stereocenters. The lowest BCUT2D eigenvalue weighted by Gasteiger charge is -2.39. The second-order valence-electron chi connectivity index (χ2n) is 10.6. The van der Waals surface area contributed by atoms with Crippen molar-refractivity contribution >= 4 is 17.3 Å². The van der Waals surface area contributed by atoms with Crippen LogP contribution in [0.1, 0.15) is 45.6 Å². The molecule has 39 heavy (non-hydrogen) atoms. The van der Waals surface area contributed by atoms with E-state index in [4.69, 9.17) is 14.5 Å². The summed E-state index contributed by atoms with van der Waals surface area (Å²) in [5.41, 5.74) is 2.85. The van der Waals surface area contributed by atoms with E-state index in [9.17, 15) is 10.1 Å². The van der Waals surface area contributed by atoms with Gasteiger partial charge in [0, 0.05) is 42.8 Å². The Morgan fingerprint density at radius 1 is 1.23 bits per heavy atom. The average Bonchev–Trinajstić information content (AvgIpc) is 3.58. The molecule has 0 saturated carbocycles. The summed E-state index contributed by atoms with van der Waals surface area (Å²) >= 11 is 0. The molecule has 0 amide bonds. The van der Waals surface area contributed by atoms with Gasteiger partial charge in [-0.25, -0.2) is 14.5 Å². The molecular formula is C29H33N7O3. The van der Waals surface area contributed by atoms with E-state index in [1.807, 2.05) is 49.0 Å². The molecular weight excluding hydrogens is 494 g/mol. The number of nitriles is 1. The summed E-state index contributed by atoms with van der Waals surface area (Å²) in [5, 5.41) is 14.0. The Balaban J connectivity index is 1.31. The zero-order chi connectivity index (χ0) is 27.4. The van der Waals surface area contributed by atoms with Crippen LogP contribution < -0.4 is 9.64 Å². The zero-order valence-electron chi connectivity index (χ0n) is 22.6. The fourth-order valence-corrected chi connectivity index (χ4v) is 5.00. The highest BCUT2D eigenvalue weighted by molar-refractivity contribution is 5.85. The number of esters is 1. The van der Waals surface area contributed by atoms with Gasteiger partial charge in [-0.15, -0.1) is 0 Å². The maximum Gasteiger partial charge on any atom is 0.306 e. The van der Waals surface area contributed by atoms with Crippen LogP contribution in [0.4, 0.5) is 5.82 Å². The number of hydrogen-bond acceptors (Lipinski definition) is 8. The standard InChI is InChI=1S/C29H33N7O3/c1-21(2)39-27(37)15-29(3)6-9-35(10-7-29)26-5-4-22(17-32-26)25-14-24(38-13-12-34-11-8-31-20-34)19-36-28(25)23(16-30)18-33-36/h4-5,8,11,14,17-21H,6-7,9-10,12-13,15H2,1-3H3.